The van der Waals surface area contributed by atoms with Crippen molar-refractivity contribution in [2.24, 2.45) is 5.92 Å². The molecule has 0 spiro atoms. The number of rotatable bonds is 1. The van der Waals surface area contributed by atoms with Gasteiger partial charge in [0.1, 0.15) is 10.7 Å². The molecule has 0 amide bonds. The zero-order chi connectivity index (χ0) is 12.5. The Morgan fingerprint density at radius 1 is 1.50 bits per heavy atom. The first-order chi connectivity index (χ1) is 8.78. The molecule has 1 fully saturated rings. The van der Waals surface area contributed by atoms with E-state index in [1.54, 1.807) is 0 Å². The molecule has 2 atom stereocenters. The third kappa shape index (κ3) is 2.09. The van der Waals surface area contributed by atoms with E-state index in [2.05, 4.69) is 38.4 Å². The monoisotopic (exact) mass is 303 g/mol. The number of hydrogen-bond donors (Lipinski definition) is 1. The Morgan fingerprint density at radius 2 is 2.39 bits per heavy atom. The van der Waals surface area contributed by atoms with Crippen LogP contribution in [0.15, 0.2) is 22.9 Å². The Hall–Kier alpha value is -1.18. The molecule has 1 aliphatic heterocycles. The summed E-state index contributed by atoms with van der Waals surface area (Å²) in [6, 6.07) is 4.62. The summed E-state index contributed by atoms with van der Waals surface area (Å²) >= 11 is 3.29. The highest BCUT2D eigenvalue weighted by molar-refractivity contribution is 9.10. The van der Waals surface area contributed by atoms with Gasteiger partial charge >= 0.3 is 0 Å². The van der Waals surface area contributed by atoms with E-state index in [0.717, 1.165) is 24.4 Å². The first-order valence-corrected chi connectivity index (χ1v) is 7.07. The lowest BCUT2D eigenvalue weighted by atomic mass is 9.92. The second-order valence-electron chi connectivity index (χ2n) is 4.95. The van der Waals surface area contributed by atoms with E-state index in [1.807, 2.05) is 12.3 Å². The van der Waals surface area contributed by atoms with Gasteiger partial charge < -0.3 is 5.32 Å². The number of piperidine rings is 1. The maximum Gasteiger partial charge on any atom is 0.123 e. The average Bonchev–Trinajstić information content (AvgIpc) is 2.83. The van der Waals surface area contributed by atoms with Crippen molar-refractivity contribution in [3.63, 3.8) is 0 Å². The molecular weight excluding hydrogens is 290 g/mol. The third-order valence-corrected chi connectivity index (χ3v) is 4.46. The first-order valence-electron chi connectivity index (χ1n) is 6.28. The van der Waals surface area contributed by atoms with Crippen molar-refractivity contribution in [3.05, 3.63) is 34.1 Å². The molecule has 1 N–H and O–H groups in total. The van der Waals surface area contributed by atoms with Crippen LogP contribution in [0, 0.1) is 17.2 Å². The number of fused-ring (bicyclic) bond motifs is 1. The van der Waals surface area contributed by atoms with Gasteiger partial charge in [-0.3, -0.25) is 0 Å². The largest absolute Gasteiger partial charge is 0.310 e. The molecule has 2 heterocycles. The van der Waals surface area contributed by atoms with Crippen LogP contribution < -0.4 is 5.32 Å². The molecular formula is C14H14BrN3. The Balaban J connectivity index is 1.90. The van der Waals surface area contributed by atoms with Gasteiger partial charge in [-0.15, -0.1) is 0 Å². The van der Waals surface area contributed by atoms with Crippen LogP contribution in [0.4, 0.5) is 0 Å². The van der Waals surface area contributed by atoms with Crippen LogP contribution in [0.25, 0.3) is 5.57 Å². The molecule has 0 aromatic carbocycles. The molecule has 1 saturated heterocycles. The number of nitriles is 1. The number of nitrogens with one attached hydrogen (secondary N) is 1. The molecule has 0 bridgehead atoms. The van der Waals surface area contributed by atoms with Crippen molar-refractivity contribution in [1.82, 2.24) is 10.3 Å². The van der Waals surface area contributed by atoms with Crippen LogP contribution in [0.3, 0.4) is 0 Å². The predicted molar refractivity (Wildman–Crippen MR) is 73.8 cm³/mol. The van der Waals surface area contributed by atoms with E-state index in [9.17, 15) is 0 Å². The SMILES string of the molecule is N#Cc1cc(C2=C[C@@H]3NCCC[C@@H]3C2)cnc1Br. The topological polar surface area (TPSA) is 48.7 Å². The summed E-state index contributed by atoms with van der Waals surface area (Å²) in [6.07, 6.45) is 7.84. The highest BCUT2D eigenvalue weighted by Gasteiger charge is 2.30. The summed E-state index contributed by atoms with van der Waals surface area (Å²) < 4.78 is 0.628. The third-order valence-electron chi connectivity index (χ3n) is 3.83. The number of pyridine rings is 1. The van der Waals surface area contributed by atoms with Gasteiger partial charge in [-0.1, -0.05) is 6.08 Å². The standard InChI is InChI=1S/C14H14BrN3/c15-14-11(7-16)5-12(8-18-14)10-4-9-2-1-3-17-13(9)6-10/h5-6,8-9,13,17H,1-4H2/t9-,13+/m1/s1. The summed E-state index contributed by atoms with van der Waals surface area (Å²) in [6.45, 7) is 1.12. The second-order valence-corrected chi connectivity index (χ2v) is 5.70. The van der Waals surface area contributed by atoms with Gasteiger partial charge in [0.2, 0.25) is 0 Å². The molecule has 0 saturated carbocycles. The molecule has 92 valence electrons. The van der Waals surface area contributed by atoms with E-state index in [1.165, 1.54) is 18.4 Å². The van der Waals surface area contributed by atoms with E-state index >= 15 is 0 Å². The Bertz CT molecular complexity index is 544. The van der Waals surface area contributed by atoms with Gasteiger partial charge in [-0.25, -0.2) is 4.98 Å². The van der Waals surface area contributed by atoms with Gasteiger partial charge in [-0.2, -0.15) is 5.26 Å². The minimum Gasteiger partial charge on any atom is -0.310 e. The summed E-state index contributed by atoms with van der Waals surface area (Å²) in [7, 11) is 0. The number of hydrogen-bond acceptors (Lipinski definition) is 3. The summed E-state index contributed by atoms with van der Waals surface area (Å²) in [5.74, 6) is 0.725. The van der Waals surface area contributed by atoms with E-state index in [-0.39, 0.29) is 0 Å². The van der Waals surface area contributed by atoms with Crippen molar-refractivity contribution in [1.29, 1.82) is 5.26 Å². The molecule has 18 heavy (non-hydrogen) atoms. The maximum atomic E-state index is 9.04. The summed E-state index contributed by atoms with van der Waals surface area (Å²) in [5.41, 5.74) is 3.03. The van der Waals surface area contributed by atoms with Crippen molar-refractivity contribution in [2.75, 3.05) is 6.54 Å². The molecule has 3 rings (SSSR count). The molecule has 1 aromatic heterocycles. The quantitative estimate of drug-likeness (QED) is 0.812. The molecule has 0 radical (unpaired) electrons. The smallest absolute Gasteiger partial charge is 0.123 e. The fourth-order valence-corrected chi connectivity index (χ4v) is 3.19. The van der Waals surface area contributed by atoms with Crippen LogP contribution >= 0.6 is 15.9 Å². The van der Waals surface area contributed by atoms with Crippen LogP contribution in [0.5, 0.6) is 0 Å². The van der Waals surface area contributed by atoms with E-state index in [4.69, 9.17) is 5.26 Å². The average molecular weight is 304 g/mol. The van der Waals surface area contributed by atoms with Crippen LogP contribution in [-0.2, 0) is 0 Å². The number of halogens is 1. The molecule has 1 aliphatic carbocycles. The fraction of sp³-hybridized carbons (Fsp3) is 0.429. The summed E-state index contributed by atoms with van der Waals surface area (Å²) in [5, 5.41) is 12.6. The van der Waals surface area contributed by atoms with E-state index in [0.29, 0.717) is 16.2 Å². The summed E-state index contributed by atoms with van der Waals surface area (Å²) in [4.78, 5) is 4.24. The maximum absolute atomic E-state index is 9.04. The Kier molecular flexibility index (Phi) is 3.19. The lowest BCUT2D eigenvalue weighted by Crippen LogP contribution is -2.37. The van der Waals surface area contributed by atoms with Gasteiger partial charge in [0.05, 0.1) is 5.56 Å². The van der Waals surface area contributed by atoms with Gasteiger partial charge in [0, 0.05) is 12.2 Å². The van der Waals surface area contributed by atoms with Crippen molar-refractivity contribution < 1.29 is 0 Å². The minimum absolute atomic E-state index is 0.517. The van der Waals surface area contributed by atoms with Crippen molar-refractivity contribution in [3.8, 4) is 6.07 Å². The number of aromatic nitrogens is 1. The first kappa shape index (κ1) is 11.9. The lowest BCUT2D eigenvalue weighted by molar-refractivity contribution is 0.341. The highest BCUT2D eigenvalue weighted by atomic mass is 79.9. The van der Waals surface area contributed by atoms with Crippen LogP contribution in [0.2, 0.25) is 0 Å². The minimum atomic E-state index is 0.517. The van der Waals surface area contributed by atoms with Crippen LogP contribution in [-0.4, -0.2) is 17.6 Å². The van der Waals surface area contributed by atoms with Crippen LogP contribution in [0.1, 0.15) is 30.4 Å². The molecule has 3 nitrogen and oxygen atoms in total. The number of nitrogens with zero attached hydrogens (tertiary/aromatic N) is 2. The van der Waals surface area contributed by atoms with Crippen molar-refractivity contribution >= 4 is 21.5 Å². The highest BCUT2D eigenvalue weighted by Crippen LogP contribution is 2.37. The van der Waals surface area contributed by atoms with Gasteiger partial charge in [0.25, 0.3) is 0 Å². The van der Waals surface area contributed by atoms with E-state index < -0.39 is 0 Å². The van der Waals surface area contributed by atoms with Crippen molar-refractivity contribution in [2.45, 2.75) is 25.3 Å². The second kappa shape index (κ2) is 4.83. The molecule has 1 aromatic rings. The predicted octanol–water partition coefficient (Wildman–Crippen LogP) is 2.87. The van der Waals surface area contributed by atoms with Gasteiger partial charge in [0.15, 0.2) is 0 Å². The zero-order valence-corrected chi connectivity index (χ0v) is 11.6. The Morgan fingerprint density at radius 3 is 3.17 bits per heavy atom. The number of allylic oxidation sites excluding steroid dienone is 1. The zero-order valence-electron chi connectivity index (χ0n) is 9.99. The normalized spacial score (nSPS) is 26.3. The molecule has 0 unspecified atom stereocenters. The molecule has 2 aliphatic rings. The Labute approximate surface area is 115 Å². The lowest BCUT2D eigenvalue weighted by Gasteiger charge is -2.25. The molecule has 4 heteroatoms. The fourth-order valence-electron chi connectivity index (χ4n) is 2.89. The van der Waals surface area contributed by atoms with Gasteiger partial charge in [-0.05, 0) is 64.9 Å².